The second-order valence-corrected chi connectivity index (χ2v) is 4.04. The lowest BCUT2D eigenvalue weighted by Gasteiger charge is -2.09. The Bertz CT molecular complexity index is 286. The number of rotatable bonds is 8. The number of hydrogen-bond acceptors (Lipinski definition) is 3. The molecular formula is C12H23N3O. The summed E-state index contributed by atoms with van der Waals surface area (Å²) in [6, 6.07) is 0.0439. The molecule has 0 saturated heterocycles. The third kappa shape index (κ3) is 4.33. The Kier molecular flexibility index (Phi) is 6.11. The van der Waals surface area contributed by atoms with Gasteiger partial charge in [-0.1, -0.05) is 13.8 Å². The van der Waals surface area contributed by atoms with E-state index in [4.69, 9.17) is 10.5 Å². The molecule has 1 aromatic heterocycles. The Morgan fingerprint density at radius 1 is 1.38 bits per heavy atom. The first-order valence-electron chi connectivity index (χ1n) is 6.13. The van der Waals surface area contributed by atoms with Crippen LogP contribution in [0.4, 0.5) is 0 Å². The molecule has 2 N–H and O–H groups in total. The van der Waals surface area contributed by atoms with Crippen molar-refractivity contribution in [2.45, 2.75) is 45.7 Å². The third-order valence-corrected chi connectivity index (χ3v) is 2.46. The number of nitrogens with two attached hydrogens (primary N) is 1. The minimum Gasteiger partial charge on any atom is -0.381 e. The van der Waals surface area contributed by atoms with Crippen LogP contribution in [-0.4, -0.2) is 23.0 Å². The van der Waals surface area contributed by atoms with Crippen molar-refractivity contribution in [3.05, 3.63) is 18.0 Å². The van der Waals surface area contributed by atoms with Gasteiger partial charge in [-0.05, 0) is 19.3 Å². The van der Waals surface area contributed by atoms with Crippen LogP contribution in [0.15, 0.2) is 12.4 Å². The Labute approximate surface area is 97.8 Å². The number of ether oxygens (including phenoxy) is 1. The molecule has 0 aliphatic carbocycles. The lowest BCUT2D eigenvalue weighted by Crippen LogP contribution is -2.12. The molecule has 0 radical (unpaired) electrons. The normalized spacial score (nSPS) is 12.9. The second-order valence-electron chi connectivity index (χ2n) is 4.04. The monoisotopic (exact) mass is 225 g/mol. The van der Waals surface area contributed by atoms with E-state index in [9.17, 15) is 0 Å². The molecule has 92 valence electrons. The molecule has 0 aromatic carbocycles. The minimum absolute atomic E-state index is 0.0439. The summed E-state index contributed by atoms with van der Waals surface area (Å²) in [5.41, 5.74) is 7.16. The first-order valence-corrected chi connectivity index (χ1v) is 6.13. The van der Waals surface area contributed by atoms with E-state index in [2.05, 4.69) is 18.9 Å². The van der Waals surface area contributed by atoms with Crippen LogP contribution in [0.5, 0.6) is 0 Å². The van der Waals surface area contributed by atoms with E-state index in [1.807, 2.05) is 17.1 Å². The predicted molar refractivity (Wildman–Crippen MR) is 65.2 cm³/mol. The standard InChI is InChI=1S/C12H23N3O/c1-3-6-15-10-11(9-14-15)12(13)5-8-16-7-4-2/h9-10,12H,3-8,13H2,1-2H3. The van der Waals surface area contributed by atoms with Gasteiger partial charge in [-0.2, -0.15) is 5.10 Å². The number of aromatic nitrogens is 2. The van der Waals surface area contributed by atoms with Gasteiger partial charge in [0.25, 0.3) is 0 Å². The van der Waals surface area contributed by atoms with Crippen LogP contribution in [0.2, 0.25) is 0 Å². The van der Waals surface area contributed by atoms with Crippen molar-refractivity contribution >= 4 is 0 Å². The molecule has 1 heterocycles. The van der Waals surface area contributed by atoms with E-state index in [-0.39, 0.29) is 6.04 Å². The third-order valence-electron chi connectivity index (χ3n) is 2.46. The summed E-state index contributed by atoms with van der Waals surface area (Å²) in [5.74, 6) is 0. The molecule has 0 saturated carbocycles. The molecule has 1 unspecified atom stereocenters. The zero-order valence-corrected chi connectivity index (χ0v) is 10.4. The highest BCUT2D eigenvalue weighted by atomic mass is 16.5. The lowest BCUT2D eigenvalue weighted by molar-refractivity contribution is 0.128. The van der Waals surface area contributed by atoms with Crippen LogP contribution < -0.4 is 5.73 Å². The fourth-order valence-corrected chi connectivity index (χ4v) is 1.55. The largest absolute Gasteiger partial charge is 0.381 e. The first kappa shape index (κ1) is 13.2. The van der Waals surface area contributed by atoms with Crippen LogP contribution in [0, 0.1) is 0 Å². The first-order chi connectivity index (χ1) is 7.77. The van der Waals surface area contributed by atoms with Gasteiger partial charge >= 0.3 is 0 Å². The highest BCUT2D eigenvalue weighted by Crippen LogP contribution is 2.13. The number of aryl methyl sites for hydroxylation is 1. The molecular weight excluding hydrogens is 202 g/mol. The van der Waals surface area contributed by atoms with Crippen molar-refractivity contribution in [3.63, 3.8) is 0 Å². The summed E-state index contributed by atoms with van der Waals surface area (Å²) in [7, 11) is 0. The van der Waals surface area contributed by atoms with Crippen molar-refractivity contribution in [1.82, 2.24) is 9.78 Å². The van der Waals surface area contributed by atoms with Crippen LogP contribution in [0.1, 0.15) is 44.7 Å². The Balaban J connectivity index is 2.31. The predicted octanol–water partition coefficient (Wildman–Crippen LogP) is 2.11. The van der Waals surface area contributed by atoms with Crippen molar-refractivity contribution in [1.29, 1.82) is 0 Å². The molecule has 0 spiro atoms. The van der Waals surface area contributed by atoms with Crippen LogP contribution in [0.3, 0.4) is 0 Å². The van der Waals surface area contributed by atoms with Crippen molar-refractivity contribution in [3.8, 4) is 0 Å². The fourth-order valence-electron chi connectivity index (χ4n) is 1.55. The van der Waals surface area contributed by atoms with E-state index < -0.39 is 0 Å². The average molecular weight is 225 g/mol. The summed E-state index contributed by atoms with van der Waals surface area (Å²) >= 11 is 0. The van der Waals surface area contributed by atoms with Gasteiger partial charge in [0.15, 0.2) is 0 Å². The summed E-state index contributed by atoms with van der Waals surface area (Å²) in [5, 5.41) is 4.27. The van der Waals surface area contributed by atoms with E-state index in [1.165, 1.54) is 0 Å². The van der Waals surface area contributed by atoms with Gasteiger partial charge in [0.2, 0.25) is 0 Å². The Morgan fingerprint density at radius 2 is 2.19 bits per heavy atom. The highest BCUT2D eigenvalue weighted by Gasteiger charge is 2.08. The number of nitrogens with zero attached hydrogens (tertiary/aromatic N) is 2. The summed E-state index contributed by atoms with van der Waals surface area (Å²) in [6.45, 7) is 6.75. The molecule has 1 aromatic rings. The maximum Gasteiger partial charge on any atom is 0.0537 e. The molecule has 4 heteroatoms. The second kappa shape index (κ2) is 7.41. The molecule has 0 aliphatic heterocycles. The van der Waals surface area contributed by atoms with Crippen molar-refractivity contribution in [2.24, 2.45) is 5.73 Å². The molecule has 0 fully saturated rings. The van der Waals surface area contributed by atoms with Crippen LogP contribution in [0.25, 0.3) is 0 Å². The van der Waals surface area contributed by atoms with Gasteiger partial charge in [0.05, 0.1) is 6.20 Å². The van der Waals surface area contributed by atoms with Crippen molar-refractivity contribution < 1.29 is 4.74 Å². The zero-order valence-electron chi connectivity index (χ0n) is 10.4. The maximum atomic E-state index is 6.05. The molecule has 0 amide bonds. The van der Waals surface area contributed by atoms with E-state index >= 15 is 0 Å². The van der Waals surface area contributed by atoms with E-state index in [0.717, 1.165) is 44.6 Å². The summed E-state index contributed by atoms with van der Waals surface area (Å²) < 4.78 is 7.37. The van der Waals surface area contributed by atoms with E-state index in [1.54, 1.807) is 0 Å². The molecule has 16 heavy (non-hydrogen) atoms. The summed E-state index contributed by atoms with van der Waals surface area (Å²) in [6.07, 6.45) is 6.91. The smallest absolute Gasteiger partial charge is 0.0537 e. The molecule has 4 nitrogen and oxygen atoms in total. The minimum atomic E-state index is 0.0439. The molecule has 1 atom stereocenters. The van der Waals surface area contributed by atoms with Gasteiger partial charge in [-0.15, -0.1) is 0 Å². The zero-order chi connectivity index (χ0) is 11.8. The summed E-state index contributed by atoms with van der Waals surface area (Å²) in [4.78, 5) is 0. The van der Waals surface area contributed by atoms with E-state index in [0.29, 0.717) is 0 Å². The topological polar surface area (TPSA) is 53.1 Å². The van der Waals surface area contributed by atoms with Crippen molar-refractivity contribution in [2.75, 3.05) is 13.2 Å². The maximum absolute atomic E-state index is 6.05. The Hall–Kier alpha value is -0.870. The fraction of sp³-hybridized carbons (Fsp3) is 0.750. The van der Waals surface area contributed by atoms with Gasteiger partial charge in [0.1, 0.15) is 0 Å². The molecule has 0 bridgehead atoms. The van der Waals surface area contributed by atoms with Gasteiger partial charge < -0.3 is 10.5 Å². The van der Waals surface area contributed by atoms with Gasteiger partial charge in [0, 0.05) is 37.6 Å². The van der Waals surface area contributed by atoms with Gasteiger partial charge in [-0.3, -0.25) is 4.68 Å². The van der Waals surface area contributed by atoms with Crippen LogP contribution in [-0.2, 0) is 11.3 Å². The van der Waals surface area contributed by atoms with Crippen LogP contribution >= 0.6 is 0 Å². The van der Waals surface area contributed by atoms with Gasteiger partial charge in [-0.25, -0.2) is 0 Å². The Morgan fingerprint density at radius 3 is 2.88 bits per heavy atom. The quantitative estimate of drug-likeness (QED) is 0.689. The number of hydrogen-bond donors (Lipinski definition) is 1. The average Bonchev–Trinajstić information content (AvgIpc) is 2.73. The SMILES string of the molecule is CCCOCCC(N)c1cnn(CCC)c1. The molecule has 0 aliphatic rings. The highest BCUT2D eigenvalue weighted by molar-refractivity contribution is 5.09. The molecule has 1 rings (SSSR count). The lowest BCUT2D eigenvalue weighted by atomic mass is 10.1.